The molecule has 0 saturated heterocycles. The Morgan fingerprint density at radius 2 is 0.864 bits per heavy atom. The number of rotatable bonds is 38. The van der Waals surface area contributed by atoms with Gasteiger partial charge in [-0.15, -0.1) is 0 Å². The van der Waals surface area contributed by atoms with Crippen LogP contribution < -0.4 is 0 Å². The normalized spacial score (nSPS) is 22.5. The van der Waals surface area contributed by atoms with Crippen molar-refractivity contribution in [1.29, 1.82) is 0 Å². The van der Waals surface area contributed by atoms with E-state index in [1.807, 2.05) is 0 Å². The second-order valence-corrected chi connectivity index (χ2v) is 17.7. The molecule has 0 bridgehead atoms. The largest absolute Gasteiger partial charge is 0.472 e. The Labute approximate surface area is 356 Å². The molecule has 1 fully saturated rings. The molecular weight excluding hydrogens is 779 g/mol. The van der Waals surface area contributed by atoms with Gasteiger partial charge in [0.2, 0.25) is 0 Å². The Morgan fingerprint density at radius 3 is 1.31 bits per heavy atom. The number of hydrogen-bond acceptors (Lipinski definition) is 12. The van der Waals surface area contributed by atoms with E-state index in [1.54, 1.807) is 0 Å². The first-order chi connectivity index (χ1) is 28.4. The van der Waals surface area contributed by atoms with Crippen LogP contribution >= 0.6 is 7.82 Å². The van der Waals surface area contributed by atoms with Crippen molar-refractivity contribution in [2.75, 3.05) is 13.2 Å². The Balaban J connectivity index is 2.47. The van der Waals surface area contributed by atoms with Crippen molar-refractivity contribution < 1.29 is 63.1 Å². The summed E-state index contributed by atoms with van der Waals surface area (Å²) in [5.41, 5.74) is 0. The number of phosphoric acid groups is 1. The van der Waals surface area contributed by atoms with Crippen LogP contribution in [0.25, 0.3) is 0 Å². The smallest absolute Gasteiger partial charge is 0.462 e. The molecule has 13 nitrogen and oxygen atoms in total. The van der Waals surface area contributed by atoms with Crippen molar-refractivity contribution in [1.82, 2.24) is 0 Å². The van der Waals surface area contributed by atoms with Crippen molar-refractivity contribution in [3.63, 3.8) is 0 Å². The third-order valence-electron chi connectivity index (χ3n) is 10.8. The average Bonchev–Trinajstić information content (AvgIpc) is 3.21. The van der Waals surface area contributed by atoms with Crippen LogP contribution in [-0.4, -0.2) is 98.3 Å². The number of hydrogen-bond donors (Lipinski definition) is 6. The second-order valence-electron chi connectivity index (χ2n) is 16.3. The summed E-state index contributed by atoms with van der Waals surface area (Å²) in [6, 6.07) is 0. The molecule has 6 unspecified atom stereocenters. The lowest BCUT2D eigenvalue weighted by Crippen LogP contribution is -2.64. The molecule has 0 spiro atoms. The van der Waals surface area contributed by atoms with E-state index < -0.39 is 75.7 Å². The SMILES string of the molecule is CCCCCC/C=C\CCCCCCCCCC(=O)O[C@H](COC(=O)CCCCCCC/C=C\CCCCCCCC)COP(=O)(O)OC1C(O)C(O)C(O)[C@@H](O)C1O. The molecule has 0 radical (unpaired) electrons. The molecule has 0 aromatic carbocycles. The molecule has 0 aromatic heterocycles. The zero-order valence-electron chi connectivity index (χ0n) is 36.6. The van der Waals surface area contributed by atoms with E-state index >= 15 is 0 Å². The molecule has 59 heavy (non-hydrogen) atoms. The van der Waals surface area contributed by atoms with Gasteiger partial charge in [-0.1, -0.05) is 141 Å². The lowest BCUT2D eigenvalue weighted by Gasteiger charge is -2.41. The lowest BCUT2D eigenvalue weighted by atomic mass is 9.85. The molecule has 14 heteroatoms. The summed E-state index contributed by atoms with van der Waals surface area (Å²) in [6.07, 6.45) is 25.1. The summed E-state index contributed by atoms with van der Waals surface area (Å²) in [5.74, 6) is -1.11. The van der Waals surface area contributed by atoms with Gasteiger partial charge in [0, 0.05) is 12.8 Å². The molecule has 1 aliphatic carbocycles. The van der Waals surface area contributed by atoms with Crippen LogP contribution in [0.2, 0.25) is 0 Å². The van der Waals surface area contributed by atoms with Gasteiger partial charge in [0.1, 0.15) is 43.2 Å². The number of aliphatic hydroxyl groups excluding tert-OH is 5. The quantitative estimate of drug-likeness (QED) is 0.0149. The van der Waals surface area contributed by atoms with Gasteiger partial charge in [0.15, 0.2) is 6.10 Å². The highest BCUT2D eigenvalue weighted by atomic mass is 31.2. The van der Waals surface area contributed by atoms with Crippen molar-refractivity contribution in [3.05, 3.63) is 24.3 Å². The van der Waals surface area contributed by atoms with Gasteiger partial charge >= 0.3 is 19.8 Å². The van der Waals surface area contributed by atoms with Gasteiger partial charge in [0.05, 0.1) is 6.61 Å². The fourth-order valence-corrected chi connectivity index (χ4v) is 7.95. The van der Waals surface area contributed by atoms with E-state index in [0.29, 0.717) is 12.8 Å². The third kappa shape index (κ3) is 28.5. The number of aliphatic hydroxyl groups is 5. The second kappa shape index (κ2) is 35.9. The number of allylic oxidation sites excluding steroid dienone is 4. The predicted octanol–water partition coefficient (Wildman–Crippen LogP) is 8.84. The number of carbonyl (C=O) groups is 2. The van der Waals surface area contributed by atoms with E-state index in [1.165, 1.54) is 77.0 Å². The maximum Gasteiger partial charge on any atom is 0.472 e. The van der Waals surface area contributed by atoms with Gasteiger partial charge in [-0.25, -0.2) is 4.57 Å². The molecule has 0 amide bonds. The van der Waals surface area contributed by atoms with Crippen molar-refractivity contribution in [3.8, 4) is 0 Å². The topological polar surface area (TPSA) is 210 Å². The molecule has 0 aliphatic heterocycles. The summed E-state index contributed by atoms with van der Waals surface area (Å²) in [6.45, 7) is 3.27. The van der Waals surface area contributed by atoms with Gasteiger partial charge in [-0.05, 0) is 64.2 Å². The molecule has 1 saturated carbocycles. The average molecular weight is 863 g/mol. The van der Waals surface area contributed by atoms with Gasteiger partial charge in [-0.2, -0.15) is 0 Å². The lowest BCUT2D eigenvalue weighted by molar-refractivity contribution is -0.220. The van der Waals surface area contributed by atoms with Crippen LogP contribution in [0.5, 0.6) is 0 Å². The fourth-order valence-electron chi connectivity index (χ4n) is 6.98. The number of unbranched alkanes of at least 4 members (excludes halogenated alkanes) is 22. The van der Waals surface area contributed by atoms with Crippen LogP contribution in [0.4, 0.5) is 0 Å². The summed E-state index contributed by atoms with van der Waals surface area (Å²) < 4.78 is 33.5. The minimum Gasteiger partial charge on any atom is -0.462 e. The maximum atomic E-state index is 12.8. The molecule has 6 N–H and O–H groups in total. The number of carbonyl (C=O) groups excluding carboxylic acids is 2. The van der Waals surface area contributed by atoms with Crippen LogP contribution in [-0.2, 0) is 32.7 Å². The minimum atomic E-state index is -5.12. The summed E-state index contributed by atoms with van der Waals surface area (Å²) in [5, 5.41) is 50.1. The van der Waals surface area contributed by atoms with E-state index in [2.05, 4.69) is 38.2 Å². The van der Waals surface area contributed by atoms with Gasteiger partial charge in [0.25, 0.3) is 0 Å². The summed E-state index contributed by atoms with van der Waals surface area (Å²) >= 11 is 0. The van der Waals surface area contributed by atoms with Crippen LogP contribution in [0.3, 0.4) is 0 Å². The van der Waals surface area contributed by atoms with Gasteiger partial charge < -0.3 is 39.9 Å². The Kier molecular flexibility index (Phi) is 33.7. The van der Waals surface area contributed by atoms with Crippen molar-refractivity contribution in [2.45, 2.75) is 236 Å². The molecule has 1 aliphatic rings. The molecular formula is C45H83O13P. The molecule has 1 rings (SSSR count). The minimum absolute atomic E-state index is 0.0915. The fraction of sp³-hybridized carbons (Fsp3) is 0.867. The van der Waals surface area contributed by atoms with Gasteiger partial charge in [-0.3, -0.25) is 18.6 Å². The predicted molar refractivity (Wildman–Crippen MR) is 230 cm³/mol. The molecule has 0 aromatic rings. The third-order valence-corrected chi connectivity index (χ3v) is 11.8. The van der Waals surface area contributed by atoms with Crippen molar-refractivity contribution >= 4 is 19.8 Å². The zero-order valence-corrected chi connectivity index (χ0v) is 37.4. The van der Waals surface area contributed by atoms with Crippen molar-refractivity contribution in [2.24, 2.45) is 0 Å². The summed E-state index contributed by atoms with van der Waals surface area (Å²) in [4.78, 5) is 35.7. The van der Waals surface area contributed by atoms with Crippen LogP contribution in [0.15, 0.2) is 24.3 Å². The van der Waals surface area contributed by atoms with E-state index in [-0.39, 0.29) is 12.8 Å². The zero-order chi connectivity index (χ0) is 43.6. The van der Waals surface area contributed by atoms with Crippen LogP contribution in [0.1, 0.15) is 194 Å². The standard InChI is InChI=1S/C45H83O13P/c1-3-5-7-9-11-13-15-17-19-21-23-25-27-29-31-33-38(46)55-35-37(36-56-59(53,54)58-45-43(51)41(49)40(48)42(50)44(45)52)57-39(47)34-32-30-28-26-24-22-20-18-16-14-12-10-8-6-4-2/h14,16-17,19,37,40-45,48-52H,3-13,15,18,20-36H2,1-2H3,(H,53,54)/b16-14-,19-17-/t37-,40?,41-,42?,43?,44?,45?/m1/s1. The van der Waals surface area contributed by atoms with E-state index in [9.17, 15) is 44.6 Å². The highest BCUT2D eigenvalue weighted by Gasteiger charge is 2.51. The Morgan fingerprint density at radius 1 is 0.508 bits per heavy atom. The first-order valence-electron chi connectivity index (χ1n) is 23.1. The summed E-state index contributed by atoms with van der Waals surface area (Å²) in [7, 11) is -5.12. The first kappa shape index (κ1) is 55.3. The molecule has 346 valence electrons. The van der Waals surface area contributed by atoms with E-state index in [4.69, 9.17) is 18.5 Å². The number of ether oxygens (including phenoxy) is 2. The Hall–Kier alpha value is -1.67. The first-order valence-corrected chi connectivity index (χ1v) is 24.6. The molecule has 8 atom stereocenters. The highest BCUT2D eigenvalue weighted by molar-refractivity contribution is 7.47. The maximum absolute atomic E-state index is 12.8. The monoisotopic (exact) mass is 863 g/mol. The molecule has 0 heterocycles. The highest BCUT2D eigenvalue weighted by Crippen LogP contribution is 2.47. The van der Waals surface area contributed by atoms with Crippen LogP contribution in [0, 0.1) is 0 Å². The Bertz CT molecular complexity index is 1130. The number of esters is 2. The number of phosphoric ester groups is 1. The van der Waals surface area contributed by atoms with E-state index in [0.717, 1.165) is 77.0 Å².